The molecule has 2 N–H and O–H groups in total. The van der Waals surface area contributed by atoms with E-state index in [1.165, 1.54) is 0 Å². The lowest BCUT2D eigenvalue weighted by Gasteiger charge is -1.94. The molecule has 2 heteroatoms. The van der Waals surface area contributed by atoms with Crippen molar-refractivity contribution in [2.45, 2.75) is 0 Å². The van der Waals surface area contributed by atoms with Gasteiger partial charge in [-0.2, -0.15) is 0 Å². The molecule has 0 heterocycles. The summed E-state index contributed by atoms with van der Waals surface area (Å²) >= 11 is 0. The third kappa shape index (κ3) is 1.35. The SMILES string of the molecule is [CH2]C(=O)c1cccc(N)c1. The number of nitrogen functional groups attached to an aromatic ring is 1. The number of benzene rings is 1. The summed E-state index contributed by atoms with van der Waals surface area (Å²) in [5, 5.41) is 0. The van der Waals surface area contributed by atoms with E-state index in [4.69, 9.17) is 5.73 Å². The van der Waals surface area contributed by atoms with Gasteiger partial charge in [-0.3, -0.25) is 4.79 Å². The summed E-state index contributed by atoms with van der Waals surface area (Å²) in [5.74, 6) is -0.202. The molecule has 51 valence electrons. The number of anilines is 1. The number of rotatable bonds is 1. The van der Waals surface area contributed by atoms with Crippen molar-refractivity contribution in [3.63, 3.8) is 0 Å². The lowest BCUT2D eigenvalue weighted by molar-refractivity contribution is 0.104. The summed E-state index contributed by atoms with van der Waals surface area (Å²) in [6.45, 7) is 3.26. The van der Waals surface area contributed by atoms with Crippen LogP contribution in [0.2, 0.25) is 0 Å². The number of carbonyl (C=O) groups is 1. The fraction of sp³-hybridized carbons (Fsp3) is 0. The molecule has 1 radical (unpaired) electrons. The molecule has 0 unspecified atom stereocenters. The number of Topliss-reactive ketones (excluding diaryl/α,β-unsaturated/α-hetero) is 1. The maximum atomic E-state index is 10.6. The van der Waals surface area contributed by atoms with Crippen LogP contribution in [-0.2, 0) is 0 Å². The number of ketones is 1. The standard InChI is InChI=1S/C8H8NO/c1-6(10)7-3-2-4-8(9)5-7/h2-5H,1,9H2. The Labute approximate surface area is 59.7 Å². The second-order valence-corrected chi connectivity index (χ2v) is 2.05. The molecule has 0 spiro atoms. The number of hydrogen-bond donors (Lipinski definition) is 1. The largest absolute Gasteiger partial charge is 0.399 e. The summed E-state index contributed by atoms with van der Waals surface area (Å²) in [7, 11) is 0. The maximum Gasteiger partial charge on any atom is 0.163 e. The van der Waals surface area contributed by atoms with Crippen LogP contribution in [0.1, 0.15) is 10.4 Å². The van der Waals surface area contributed by atoms with Crippen LogP contribution in [0.25, 0.3) is 0 Å². The molecule has 1 aromatic rings. The summed E-state index contributed by atoms with van der Waals surface area (Å²) in [6, 6.07) is 6.75. The van der Waals surface area contributed by atoms with Gasteiger partial charge >= 0.3 is 0 Å². The number of carbonyl (C=O) groups excluding carboxylic acids is 1. The predicted molar refractivity (Wildman–Crippen MR) is 40.5 cm³/mol. The molecule has 0 bridgehead atoms. The van der Waals surface area contributed by atoms with Crippen LogP contribution in [-0.4, -0.2) is 5.78 Å². The molecule has 0 aliphatic rings. The van der Waals surface area contributed by atoms with Crippen molar-refractivity contribution >= 4 is 11.5 Å². The van der Waals surface area contributed by atoms with E-state index < -0.39 is 0 Å². The van der Waals surface area contributed by atoms with Crippen LogP contribution in [0.5, 0.6) is 0 Å². The van der Waals surface area contributed by atoms with Crippen molar-refractivity contribution in [1.82, 2.24) is 0 Å². The van der Waals surface area contributed by atoms with E-state index >= 15 is 0 Å². The molecule has 1 rings (SSSR count). The molecule has 0 fully saturated rings. The van der Waals surface area contributed by atoms with Crippen molar-refractivity contribution in [1.29, 1.82) is 0 Å². The van der Waals surface area contributed by atoms with Crippen LogP contribution in [0.4, 0.5) is 5.69 Å². The van der Waals surface area contributed by atoms with Crippen molar-refractivity contribution in [3.05, 3.63) is 36.8 Å². The van der Waals surface area contributed by atoms with Crippen LogP contribution < -0.4 is 5.73 Å². The zero-order valence-electron chi connectivity index (χ0n) is 5.50. The monoisotopic (exact) mass is 134 g/mol. The predicted octanol–water partition coefficient (Wildman–Crippen LogP) is 1.29. The van der Waals surface area contributed by atoms with E-state index in [-0.39, 0.29) is 5.78 Å². The van der Waals surface area contributed by atoms with Crippen LogP contribution in [0, 0.1) is 6.92 Å². The summed E-state index contributed by atoms with van der Waals surface area (Å²) < 4.78 is 0. The molecule has 0 atom stereocenters. The van der Waals surface area contributed by atoms with Gasteiger partial charge in [-0.05, 0) is 12.1 Å². The second kappa shape index (κ2) is 2.52. The molecule has 0 aliphatic heterocycles. The third-order valence-electron chi connectivity index (χ3n) is 1.21. The first kappa shape index (κ1) is 6.81. The summed E-state index contributed by atoms with van der Waals surface area (Å²) in [5.41, 5.74) is 6.56. The Balaban J connectivity index is 3.07. The van der Waals surface area contributed by atoms with Crippen LogP contribution >= 0.6 is 0 Å². The average molecular weight is 134 g/mol. The van der Waals surface area contributed by atoms with Gasteiger partial charge in [0.1, 0.15) is 0 Å². The minimum atomic E-state index is -0.202. The van der Waals surface area contributed by atoms with E-state index in [9.17, 15) is 4.79 Å². The molecule has 0 saturated heterocycles. The van der Waals surface area contributed by atoms with E-state index in [1.54, 1.807) is 24.3 Å². The van der Waals surface area contributed by atoms with Crippen molar-refractivity contribution in [2.24, 2.45) is 0 Å². The minimum absolute atomic E-state index is 0.202. The quantitative estimate of drug-likeness (QED) is 0.464. The number of hydrogen-bond acceptors (Lipinski definition) is 2. The lowest BCUT2D eigenvalue weighted by atomic mass is 10.1. The lowest BCUT2D eigenvalue weighted by Crippen LogP contribution is -1.93. The fourth-order valence-electron chi connectivity index (χ4n) is 0.712. The topological polar surface area (TPSA) is 43.1 Å². The Morgan fingerprint density at radius 2 is 2.20 bits per heavy atom. The first-order valence-corrected chi connectivity index (χ1v) is 2.92. The van der Waals surface area contributed by atoms with Crippen molar-refractivity contribution in [3.8, 4) is 0 Å². The second-order valence-electron chi connectivity index (χ2n) is 2.05. The smallest absolute Gasteiger partial charge is 0.163 e. The molecule has 0 saturated carbocycles. The molecular weight excluding hydrogens is 126 g/mol. The zero-order valence-corrected chi connectivity index (χ0v) is 5.50. The summed E-state index contributed by atoms with van der Waals surface area (Å²) in [4.78, 5) is 10.6. The van der Waals surface area contributed by atoms with Crippen molar-refractivity contribution < 1.29 is 4.79 Å². The van der Waals surface area contributed by atoms with Crippen LogP contribution in [0.15, 0.2) is 24.3 Å². The third-order valence-corrected chi connectivity index (χ3v) is 1.21. The highest BCUT2D eigenvalue weighted by Gasteiger charge is 1.96. The first-order chi connectivity index (χ1) is 4.70. The van der Waals surface area contributed by atoms with Gasteiger partial charge in [0.2, 0.25) is 0 Å². The minimum Gasteiger partial charge on any atom is -0.399 e. The number of nitrogens with two attached hydrogens (primary N) is 1. The fourth-order valence-corrected chi connectivity index (χ4v) is 0.712. The Bertz CT molecular complexity index is 255. The molecule has 0 aliphatic carbocycles. The molecule has 1 aromatic carbocycles. The maximum absolute atomic E-state index is 10.6. The Morgan fingerprint density at radius 3 is 2.60 bits per heavy atom. The Kier molecular flexibility index (Phi) is 1.71. The molecule has 0 amide bonds. The Morgan fingerprint density at radius 1 is 1.50 bits per heavy atom. The van der Waals surface area contributed by atoms with Gasteiger partial charge in [0.15, 0.2) is 5.78 Å². The highest BCUT2D eigenvalue weighted by atomic mass is 16.1. The molecule has 10 heavy (non-hydrogen) atoms. The highest BCUT2D eigenvalue weighted by Crippen LogP contribution is 2.05. The normalized spacial score (nSPS) is 9.30. The van der Waals surface area contributed by atoms with E-state index in [1.807, 2.05) is 0 Å². The highest BCUT2D eigenvalue weighted by molar-refractivity contribution is 5.99. The van der Waals surface area contributed by atoms with Crippen molar-refractivity contribution in [2.75, 3.05) is 5.73 Å². The van der Waals surface area contributed by atoms with Gasteiger partial charge in [-0.1, -0.05) is 12.1 Å². The van der Waals surface area contributed by atoms with E-state index in [2.05, 4.69) is 6.92 Å². The Hall–Kier alpha value is -1.31. The molecule has 2 nitrogen and oxygen atoms in total. The zero-order chi connectivity index (χ0) is 7.56. The van der Waals surface area contributed by atoms with E-state index in [0.29, 0.717) is 11.3 Å². The molecular formula is C8H8NO. The summed E-state index contributed by atoms with van der Waals surface area (Å²) in [6.07, 6.45) is 0. The molecule has 0 aromatic heterocycles. The van der Waals surface area contributed by atoms with Gasteiger partial charge in [0.05, 0.1) is 0 Å². The first-order valence-electron chi connectivity index (χ1n) is 2.92. The average Bonchev–Trinajstić information content (AvgIpc) is 1.88. The van der Waals surface area contributed by atoms with Gasteiger partial charge in [0.25, 0.3) is 0 Å². The van der Waals surface area contributed by atoms with Gasteiger partial charge in [-0.15, -0.1) is 0 Å². The van der Waals surface area contributed by atoms with Gasteiger partial charge < -0.3 is 5.73 Å². The van der Waals surface area contributed by atoms with Crippen LogP contribution in [0.3, 0.4) is 0 Å². The van der Waals surface area contributed by atoms with Gasteiger partial charge in [-0.25, -0.2) is 0 Å². The van der Waals surface area contributed by atoms with E-state index in [0.717, 1.165) is 0 Å². The van der Waals surface area contributed by atoms with Gasteiger partial charge in [0, 0.05) is 18.2 Å².